The number of nitrogens with zero attached hydrogens (tertiary/aromatic N) is 1. The Balaban J connectivity index is 3.27. The Morgan fingerprint density at radius 2 is 2.14 bits per heavy atom. The van der Waals surface area contributed by atoms with Gasteiger partial charge in [0.25, 0.3) is 5.69 Å². The maximum absolute atomic E-state index is 10.5. The Bertz CT molecular complexity index is 391. The Labute approximate surface area is 87.6 Å². The summed E-state index contributed by atoms with van der Waals surface area (Å²) >= 11 is 3.07. The smallest absolute Gasteiger partial charge is 0.274 e. The zero-order chi connectivity index (χ0) is 10.7. The minimum Gasteiger partial charge on any atom is -0.545 e. The van der Waals surface area contributed by atoms with Crippen LogP contribution >= 0.6 is 15.9 Å². The first-order chi connectivity index (χ1) is 6.56. The quantitative estimate of drug-likeness (QED) is 0.457. The molecule has 0 saturated carbocycles. The van der Waals surface area contributed by atoms with Crippen molar-refractivity contribution in [2.75, 3.05) is 0 Å². The van der Waals surface area contributed by atoms with Crippen LogP contribution in [-0.4, -0.2) is 10.9 Å². The fourth-order valence-electron chi connectivity index (χ4n) is 0.974. The van der Waals surface area contributed by atoms with Crippen molar-refractivity contribution >= 4 is 27.6 Å². The lowest BCUT2D eigenvalue weighted by molar-refractivity contribution is -0.385. The number of carbonyl (C=O) groups excluding carboxylic acids is 1. The predicted octanol–water partition coefficient (Wildman–Crippen LogP) is 0.853. The average molecular weight is 259 g/mol. The van der Waals surface area contributed by atoms with Gasteiger partial charge in [0, 0.05) is 22.5 Å². The molecule has 6 heteroatoms. The van der Waals surface area contributed by atoms with Crippen molar-refractivity contribution in [2.45, 2.75) is 5.33 Å². The molecule has 1 aromatic rings. The summed E-state index contributed by atoms with van der Waals surface area (Å²) in [5.41, 5.74) is 0.0185. The second kappa shape index (κ2) is 4.19. The highest BCUT2D eigenvalue weighted by Crippen LogP contribution is 2.22. The standard InChI is InChI=1S/C8H6BrNO4/c9-4-6-2-1-5(8(11)12)3-7(6)10(13)14/h1-3H,4H2,(H,11,12)/p-1. The van der Waals surface area contributed by atoms with Crippen LogP contribution in [0.25, 0.3) is 0 Å². The van der Waals surface area contributed by atoms with Gasteiger partial charge in [0.15, 0.2) is 0 Å². The molecule has 0 heterocycles. The maximum Gasteiger partial charge on any atom is 0.274 e. The van der Waals surface area contributed by atoms with Gasteiger partial charge in [0.2, 0.25) is 0 Å². The third kappa shape index (κ3) is 2.08. The number of carboxylic acid groups (broad SMARTS) is 1. The molecule has 0 N–H and O–H groups in total. The number of hydrogen-bond acceptors (Lipinski definition) is 4. The van der Waals surface area contributed by atoms with Crippen LogP contribution in [0.3, 0.4) is 0 Å². The number of hydrogen-bond donors (Lipinski definition) is 0. The summed E-state index contributed by atoms with van der Waals surface area (Å²) in [5.74, 6) is -1.42. The first-order valence-electron chi connectivity index (χ1n) is 3.61. The van der Waals surface area contributed by atoms with E-state index < -0.39 is 10.9 Å². The van der Waals surface area contributed by atoms with Gasteiger partial charge in [0.05, 0.1) is 10.9 Å². The third-order valence-electron chi connectivity index (χ3n) is 1.66. The second-order valence-corrected chi connectivity index (χ2v) is 3.08. The zero-order valence-corrected chi connectivity index (χ0v) is 8.48. The number of nitro groups is 1. The number of nitro benzene ring substituents is 1. The molecule has 1 aromatic carbocycles. The molecular formula is C8H5BrNO4-. The summed E-state index contributed by atoms with van der Waals surface area (Å²) in [5, 5.41) is 21.3. The van der Waals surface area contributed by atoms with Gasteiger partial charge in [0.1, 0.15) is 0 Å². The normalized spacial score (nSPS) is 9.79. The van der Waals surface area contributed by atoms with Crippen LogP contribution in [0.1, 0.15) is 15.9 Å². The molecule has 1 rings (SSSR count). The lowest BCUT2D eigenvalue weighted by Crippen LogP contribution is -2.22. The van der Waals surface area contributed by atoms with Crippen LogP contribution in [0.2, 0.25) is 0 Å². The third-order valence-corrected chi connectivity index (χ3v) is 2.27. The predicted molar refractivity (Wildman–Crippen MR) is 50.1 cm³/mol. The van der Waals surface area contributed by atoms with Crippen molar-refractivity contribution in [3.05, 3.63) is 39.4 Å². The van der Waals surface area contributed by atoms with E-state index in [2.05, 4.69) is 15.9 Å². The van der Waals surface area contributed by atoms with E-state index in [1.165, 1.54) is 12.1 Å². The molecule has 0 aliphatic heterocycles. The highest BCUT2D eigenvalue weighted by molar-refractivity contribution is 9.08. The highest BCUT2D eigenvalue weighted by atomic mass is 79.9. The molecule has 74 valence electrons. The molecule has 0 atom stereocenters. The van der Waals surface area contributed by atoms with Crippen molar-refractivity contribution in [3.63, 3.8) is 0 Å². The fraction of sp³-hybridized carbons (Fsp3) is 0.125. The molecule has 0 aliphatic carbocycles. The van der Waals surface area contributed by atoms with Crippen LogP contribution in [0.15, 0.2) is 18.2 Å². The summed E-state index contributed by atoms with van der Waals surface area (Å²) in [6, 6.07) is 3.66. The Morgan fingerprint density at radius 1 is 1.50 bits per heavy atom. The van der Waals surface area contributed by atoms with Crippen molar-refractivity contribution in [3.8, 4) is 0 Å². The molecule has 0 amide bonds. The Morgan fingerprint density at radius 3 is 2.57 bits per heavy atom. The molecule has 0 radical (unpaired) electrons. The van der Waals surface area contributed by atoms with Crippen molar-refractivity contribution in [1.82, 2.24) is 0 Å². The van der Waals surface area contributed by atoms with Gasteiger partial charge in [-0.25, -0.2) is 0 Å². The zero-order valence-electron chi connectivity index (χ0n) is 6.90. The number of carbonyl (C=O) groups is 1. The molecule has 0 aliphatic rings. The molecule has 5 nitrogen and oxygen atoms in total. The summed E-state index contributed by atoms with van der Waals surface area (Å²) in [6.07, 6.45) is 0. The topological polar surface area (TPSA) is 83.3 Å². The van der Waals surface area contributed by atoms with Crippen molar-refractivity contribution in [1.29, 1.82) is 0 Å². The largest absolute Gasteiger partial charge is 0.545 e. The second-order valence-electron chi connectivity index (χ2n) is 2.52. The van der Waals surface area contributed by atoms with Crippen molar-refractivity contribution in [2.24, 2.45) is 0 Å². The molecule has 0 spiro atoms. The van der Waals surface area contributed by atoms with E-state index in [0.29, 0.717) is 10.9 Å². The number of carboxylic acids is 1. The molecule has 0 fully saturated rings. The van der Waals surface area contributed by atoms with Gasteiger partial charge in [-0.05, 0) is 0 Å². The highest BCUT2D eigenvalue weighted by Gasteiger charge is 2.13. The van der Waals surface area contributed by atoms with E-state index in [0.717, 1.165) is 6.07 Å². The molecule has 0 saturated heterocycles. The lowest BCUT2D eigenvalue weighted by Gasteiger charge is -2.04. The molecule has 0 unspecified atom stereocenters. The van der Waals surface area contributed by atoms with Crippen LogP contribution in [0.4, 0.5) is 5.69 Å². The number of halogens is 1. The first-order valence-corrected chi connectivity index (χ1v) is 4.73. The molecular weight excluding hydrogens is 254 g/mol. The molecule has 0 aromatic heterocycles. The van der Waals surface area contributed by atoms with Crippen LogP contribution in [0.5, 0.6) is 0 Å². The summed E-state index contributed by atoms with van der Waals surface area (Å²) in [4.78, 5) is 20.3. The van der Waals surface area contributed by atoms with E-state index in [4.69, 9.17) is 0 Å². The van der Waals surface area contributed by atoms with Crippen LogP contribution < -0.4 is 5.11 Å². The van der Waals surface area contributed by atoms with Gasteiger partial charge in [-0.15, -0.1) is 0 Å². The number of aromatic carboxylic acids is 1. The van der Waals surface area contributed by atoms with Gasteiger partial charge in [-0.3, -0.25) is 10.1 Å². The van der Waals surface area contributed by atoms with Crippen LogP contribution in [0, 0.1) is 10.1 Å². The first kappa shape index (κ1) is 10.6. The Kier molecular flexibility index (Phi) is 3.19. The molecule has 0 bridgehead atoms. The van der Waals surface area contributed by atoms with Gasteiger partial charge >= 0.3 is 0 Å². The van der Waals surface area contributed by atoms with Crippen LogP contribution in [-0.2, 0) is 5.33 Å². The Hall–Kier alpha value is -1.43. The summed E-state index contributed by atoms with van der Waals surface area (Å²) in [7, 11) is 0. The maximum atomic E-state index is 10.5. The van der Waals surface area contributed by atoms with Gasteiger partial charge < -0.3 is 9.90 Å². The number of alkyl halides is 1. The summed E-state index contributed by atoms with van der Waals surface area (Å²) in [6.45, 7) is 0. The van der Waals surface area contributed by atoms with Gasteiger partial charge in [-0.2, -0.15) is 0 Å². The summed E-state index contributed by atoms with van der Waals surface area (Å²) < 4.78 is 0. The van der Waals surface area contributed by atoms with Gasteiger partial charge in [-0.1, -0.05) is 28.1 Å². The van der Waals surface area contributed by atoms with E-state index >= 15 is 0 Å². The van der Waals surface area contributed by atoms with Crippen molar-refractivity contribution < 1.29 is 14.8 Å². The van der Waals surface area contributed by atoms with E-state index in [9.17, 15) is 20.0 Å². The van der Waals surface area contributed by atoms with E-state index in [1.54, 1.807) is 0 Å². The fourth-order valence-corrected chi connectivity index (χ4v) is 1.45. The minimum atomic E-state index is -1.42. The minimum absolute atomic E-state index is 0.193. The number of benzene rings is 1. The monoisotopic (exact) mass is 258 g/mol. The number of rotatable bonds is 3. The lowest BCUT2D eigenvalue weighted by atomic mass is 10.1. The molecule has 14 heavy (non-hydrogen) atoms. The van der Waals surface area contributed by atoms with E-state index in [-0.39, 0.29) is 11.3 Å². The SMILES string of the molecule is O=C([O-])c1ccc(CBr)c([N+](=O)[O-])c1. The van der Waals surface area contributed by atoms with E-state index in [1.807, 2.05) is 0 Å². The average Bonchev–Trinajstić information content (AvgIpc) is 2.16.